The third kappa shape index (κ3) is 3.45. The van der Waals surface area contributed by atoms with Gasteiger partial charge in [0.25, 0.3) is 0 Å². The van der Waals surface area contributed by atoms with Crippen molar-refractivity contribution in [2.45, 2.75) is 38.3 Å². The quantitative estimate of drug-likeness (QED) is 0.624. The number of halogens is 2. The lowest BCUT2D eigenvalue weighted by Gasteiger charge is -2.42. The maximum Gasteiger partial charge on any atom is 0.145 e. The first-order valence-electron chi connectivity index (χ1n) is 6.43. The first-order valence-corrected chi connectivity index (χ1v) is 6.81. The number of rotatable bonds is 6. The Morgan fingerprint density at radius 1 is 1.47 bits per heavy atom. The number of nitrogens with one attached hydrogen (secondary N) is 1. The molecule has 0 saturated heterocycles. The van der Waals surface area contributed by atoms with Gasteiger partial charge in [0.1, 0.15) is 5.82 Å². The molecular weight excluding hydrogens is 265 g/mol. The Kier molecular flexibility index (Phi) is 5.74. The second kappa shape index (κ2) is 6.66. The highest BCUT2D eigenvalue weighted by Crippen LogP contribution is 2.26. The van der Waals surface area contributed by atoms with E-state index in [0.29, 0.717) is 12.0 Å². The number of hydrazine groups is 1. The van der Waals surface area contributed by atoms with Crippen LogP contribution in [0.5, 0.6) is 0 Å². The van der Waals surface area contributed by atoms with E-state index >= 15 is 0 Å². The molecule has 19 heavy (non-hydrogen) atoms. The van der Waals surface area contributed by atoms with Gasteiger partial charge in [-0.15, -0.1) is 0 Å². The molecule has 108 valence electrons. The van der Waals surface area contributed by atoms with Gasteiger partial charge in [0.2, 0.25) is 0 Å². The number of nitrogens with two attached hydrogens (primary N) is 1. The first kappa shape index (κ1) is 16.4. The van der Waals surface area contributed by atoms with Crippen LogP contribution in [-0.4, -0.2) is 30.6 Å². The van der Waals surface area contributed by atoms with Gasteiger partial charge in [-0.2, -0.15) is 0 Å². The molecule has 1 aromatic rings. The maximum atomic E-state index is 14.0. The van der Waals surface area contributed by atoms with Crippen LogP contribution in [0.2, 0.25) is 5.02 Å². The fourth-order valence-corrected chi connectivity index (χ4v) is 2.45. The van der Waals surface area contributed by atoms with Crippen LogP contribution in [0.15, 0.2) is 18.2 Å². The molecule has 0 spiro atoms. The lowest BCUT2D eigenvalue weighted by Crippen LogP contribution is -2.59. The lowest BCUT2D eigenvalue weighted by atomic mass is 9.84. The van der Waals surface area contributed by atoms with E-state index in [9.17, 15) is 4.39 Å². The van der Waals surface area contributed by atoms with E-state index in [0.717, 1.165) is 6.42 Å². The number of nitrogens with zero attached hydrogens (tertiary/aromatic N) is 1. The SMILES string of the molecule is CCC(C)(C(Cc1cccc(Cl)c1F)NN)N(C)C. The predicted molar refractivity (Wildman–Crippen MR) is 78.6 cm³/mol. The summed E-state index contributed by atoms with van der Waals surface area (Å²) in [4.78, 5) is 2.11. The third-order valence-corrected chi connectivity index (χ3v) is 4.44. The van der Waals surface area contributed by atoms with Crippen molar-refractivity contribution < 1.29 is 4.39 Å². The molecule has 0 bridgehead atoms. The molecule has 2 unspecified atom stereocenters. The highest BCUT2D eigenvalue weighted by molar-refractivity contribution is 6.30. The molecule has 5 heteroatoms. The fourth-order valence-electron chi connectivity index (χ4n) is 2.26. The Labute approximate surface area is 119 Å². The van der Waals surface area contributed by atoms with Crippen LogP contribution in [0.4, 0.5) is 4.39 Å². The maximum absolute atomic E-state index is 14.0. The van der Waals surface area contributed by atoms with Crippen LogP contribution >= 0.6 is 11.6 Å². The van der Waals surface area contributed by atoms with Crippen LogP contribution in [0, 0.1) is 5.82 Å². The molecule has 0 fully saturated rings. The van der Waals surface area contributed by atoms with E-state index in [1.165, 1.54) is 0 Å². The molecule has 0 heterocycles. The van der Waals surface area contributed by atoms with E-state index in [1.54, 1.807) is 18.2 Å². The molecule has 1 aromatic carbocycles. The van der Waals surface area contributed by atoms with Gasteiger partial charge in [0.15, 0.2) is 0 Å². The van der Waals surface area contributed by atoms with Gasteiger partial charge < -0.3 is 4.90 Å². The first-order chi connectivity index (χ1) is 8.86. The van der Waals surface area contributed by atoms with Crippen molar-refractivity contribution in [3.8, 4) is 0 Å². The standard InChI is InChI=1S/C14H23ClFN3/c1-5-14(2,19(3)4)12(18-17)9-10-7-6-8-11(15)13(10)16/h6-8,12,18H,5,9,17H2,1-4H3. The van der Waals surface area contributed by atoms with Gasteiger partial charge in [0, 0.05) is 11.6 Å². The topological polar surface area (TPSA) is 41.3 Å². The normalized spacial score (nSPS) is 16.4. The van der Waals surface area contributed by atoms with Crippen molar-refractivity contribution in [3.63, 3.8) is 0 Å². The zero-order valence-electron chi connectivity index (χ0n) is 12.0. The van der Waals surface area contributed by atoms with Crippen LogP contribution in [0.1, 0.15) is 25.8 Å². The zero-order chi connectivity index (χ0) is 14.6. The lowest BCUT2D eigenvalue weighted by molar-refractivity contribution is 0.112. The van der Waals surface area contributed by atoms with Gasteiger partial charge in [-0.3, -0.25) is 11.3 Å². The molecule has 0 aliphatic heterocycles. The summed E-state index contributed by atoms with van der Waals surface area (Å²) in [5, 5.41) is 0.149. The Morgan fingerprint density at radius 3 is 2.58 bits per heavy atom. The summed E-state index contributed by atoms with van der Waals surface area (Å²) < 4.78 is 14.0. The Bertz CT molecular complexity index is 425. The molecule has 0 aliphatic carbocycles. The summed E-state index contributed by atoms with van der Waals surface area (Å²) in [6.45, 7) is 4.21. The largest absolute Gasteiger partial charge is 0.302 e. The Hall–Kier alpha value is -0.680. The van der Waals surface area contributed by atoms with Crippen LogP contribution in [-0.2, 0) is 6.42 Å². The second-order valence-electron chi connectivity index (χ2n) is 5.24. The molecule has 3 nitrogen and oxygen atoms in total. The van der Waals surface area contributed by atoms with E-state index < -0.39 is 0 Å². The molecule has 2 atom stereocenters. The molecule has 3 N–H and O–H groups in total. The van der Waals surface area contributed by atoms with Crippen molar-refractivity contribution in [2.24, 2.45) is 5.84 Å². The molecule has 1 rings (SSSR count). The number of benzene rings is 1. The van der Waals surface area contributed by atoms with E-state index in [2.05, 4.69) is 24.2 Å². The van der Waals surface area contributed by atoms with Crippen LogP contribution in [0.3, 0.4) is 0 Å². The molecular formula is C14H23ClFN3. The predicted octanol–water partition coefficient (Wildman–Crippen LogP) is 2.58. The number of hydrogen-bond donors (Lipinski definition) is 2. The zero-order valence-corrected chi connectivity index (χ0v) is 12.8. The Balaban J connectivity index is 3.02. The van der Waals surface area contributed by atoms with Crippen molar-refractivity contribution in [1.82, 2.24) is 10.3 Å². The van der Waals surface area contributed by atoms with Crippen molar-refractivity contribution in [1.29, 1.82) is 0 Å². The molecule has 0 saturated carbocycles. The van der Waals surface area contributed by atoms with Crippen molar-refractivity contribution >= 4 is 11.6 Å². The molecule has 0 amide bonds. The summed E-state index contributed by atoms with van der Waals surface area (Å²) in [6.07, 6.45) is 1.39. The highest BCUT2D eigenvalue weighted by Gasteiger charge is 2.34. The van der Waals surface area contributed by atoms with Crippen molar-refractivity contribution in [3.05, 3.63) is 34.6 Å². The number of hydrogen-bond acceptors (Lipinski definition) is 3. The minimum Gasteiger partial charge on any atom is -0.302 e. The Morgan fingerprint density at radius 2 is 2.11 bits per heavy atom. The highest BCUT2D eigenvalue weighted by atomic mass is 35.5. The van der Waals surface area contributed by atoms with Gasteiger partial charge in [0.05, 0.1) is 5.02 Å². The minimum atomic E-state index is -0.360. The van der Waals surface area contributed by atoms with Gasteiger partial charge in [-0.05, 0) is 45.5 Å². The van der Waals surface area contributed by atoms with Crippen LogP contribution in [0.25, 0.3) is 0 Å². The van der Waals surface area contributed by atoms with E-state index in [-0.39, 0.29) is 22.4 Å². The monoisotopic (exact) mass is 287 g/mol. The second-order valence-corrected chi connectivity index (χ2v) is 5.65. The molecule has 0 radical (unpaired) electrons. The van der Waals surface area contributed by atoms with E-state index in [1.807, 2.05) is 14.1 Å². The smallest absolute Gasteiger partial charge is 0.145 e. The van der Waals surface area contributed by atoms with Gasteiger partial charge in [-0.25, -0.2) is 4.39 Å². The van der Waals surface area contributed by atoms with Gasteiger partial charge >= 0.3 is 0 Å². The van der Waals surface area contributed by atoms with E-state index in [4.69, 9.17) is 17.4 Å². The summed E-state index contributed by atoms with van der Waals surface area (Å²) in [6, 6.07) is 4.99. The third-order valence-electron chi connectivity index (χ3n) is 4.14. The summed E-state index contributed by atoms with van der Waals surface area (Å²) in [7, 11) is 4.00. The molecule has 0 aromatic heterocycles. The average Bonchev–Trinajstić information content (AvgIpc) is 2.39. The summed E-state index contributed by atoms with van der Waals surface area (Å²) in [5.74, 6) is 5.32. The number of likely N-dealkylation sites (N-methyl/N-ethyl adjacent to an activating group) is 1. The van der Waals surface area contributed by atoms with Gasteiger partial charge in [-0.1, -0.05) is 30.7 Å². The minimum absolute atomic E-state index is 0.0690. The van der Waals surface area contributed by atoms with Crippen LogP contribution < -0.4 is 11.3 Å². The van der Waals surface area contributed by atoms with Crippen molar-refractivity contribution in [2.75, 3.05) is 14.1 Å². The summed E-state index contributed by atoms with van der Waals surface area (Å²) in [5.41, 5.74) is 3.24. The summed E-state index contributed by atoms with van der Waals surface area (Å²) >= 11 is 5.81. The molecule has 0 aliphatic rings. The fraction of sp³-hybridized carbons (Fsp3) is 0.571. The average molecular weight is 288 g/mol.